The number of likely N-dealkylation sites (tertiary alicyclic amines) is 1. The molecule has 4 rings (SSSR count). The van der Waals surface area contributed by atoms with Crippen LogP contribution in [0.25, 0.3) is 11.1 Å². The summed E-state index contributed by atoms with van der Waals surface area (Å²) in [6.07, 6.45) is 8.25. The molecule has 120 valence electrons. The molecule has 1 amide bonds. The highest BCUT2D eigenvalue weighted by atomic mass is 16.2. The molecule has 3 heterocycles. The maximum absolute atomic E-state index is 13.0. The highest BCUT2D eigenvalue weighted by Gasteiger charge is 2.36. The van der Waals surface area contributed by atoms with Crippen LogP contribution in [0.15, 0.2) is 42.7 Å². The second-order valence-electron chi connectivity index (χ2n) is 6.23. The molecule has 2 aliphatic rings. The van der Waals surface area contributed by atoms with Gasteiger partial charge in [0, 0.05) is 31.2 Å². The SMILES string of the molecule is N#CN1CCC[C@H]1C(=O)N1CCc2c(-c3ccncc3)cccc21. The average molecular weight is 318 g/mol. The molecule has 1 fully saturated rings. The number of rotatable bonds is 2. The van der Waals surface area contributed by atoms with Crippen LogP contribution < -0.4 is 4.90 Å². The standard InChI is InChI=1S/C19H18N4O/c20-13-22-11-2-5-18(22)19(24)23-12-8-16-15(3-1-4-17(16)23)14-6-9-21-10-7-14/h1,3-4,6-7,9-10,18H,2,5,8,11-12H2/t18-/m0/s1. The average Bonchev–Trinajstić information content (AvgIpc) is 3.28. The topological polar surface area (TPSA) is 60.2 Å². The molecule has 0 radical (unpaired) electrons. The number of pyridine rings is 1. The van der Waals surface area contributed by atoms with Gasteiger partial charge in [-0.1, -0.05) is 12.1 Å². The third-order valence-electron chi connectivity index (χ3n) is 4.95. The molecule has 5 heteroatoms. The lowest BCUT2D eigenvalue weighted by Crippen LogP contribution is -2.43. The van der Waals surface area contributed by atoms with E-state index in [0.29, 0.717) is 13.1 Å². The molecule has 2 aromatic rings. The molecule has 1 aromatic carbocycles. The molecular formula is C19H18N4O. The number of aromatic nitrogens is 1. The van der Waals surface area contributed by atoms with Crippen molar-refractivity contribution in [3.63, 3.8) is 0 Å². The zero-order chi connectivity index (χ0) is 16.5. The van der Waals surface area contributed by atoms with E-state index in [9.17, 15) is 10.1 Å². The fraction of sp³-hybridized carbons (Fsp3) is 0.316. The zero-order valence-electron chi connectivity index (χ0n) is 13.4. The van der Waals surface area contributed by atoms with Crippen LogP contribution in [0.4, 0.5) is 5.69 Å². The Balaban J connectivity index is 1.68. The highest BCUT2D eigenvalue weighted by molar-refractivity contribution is 6.00. The third-order valence-corrected chi connectivity index (χ3v) is 4.95. The summed E-state index contributed by atoms with van der Waals surface area (Å²) in [6.45, 7) is 1.37. The Morgan fingerprint density at radius 1 is 1.21 bits per heavy atom. The van der Waals surface area contributed by atoms with Crippen LogP contribution in [0, 0.1) is 11.5 Å². The van der Waals surface area contributed by atoms with E-state index in [1.807, 2.05) is 29.2 Å². The third kappa shape index (κ3) is 2.31. The first-order chi connectivity index (χ1) is 11.8. The molecule has 5 nitrogen and oxygen atoms in total. The zero-order valence-corrected chi connectivity index (χ0v) is 13.4. The van der Waals surface area contributed by atoms with Gasteiger partial charge in [0.15, 0.2) is 6.19 Å². The summed E-state index contributed by atoms with van der Waals surface area (Å²) in [7, 11) is 0. The van der Waals surface area contributed by atoms with Gasteiger partial charge < -0.3 is 4.90 Å². The lowest BCUT2D eigenvalue weighted by molar-refractivity contribution is -0.121. The number of nitrogens with zero attached hydrogens (tertiary/aromatic N) is 4. The van der Waals surface area contributed by atoms with Crippen molar-refractivity contribution >= 4 is 11.6 Å². The Kier molecular flexibility index (Phi) is 3.66. The molecule has 2 aliphatic heterocycles. The Bertz CT molecular complexity index is 812. The number of nitriles is 1. The molecule has 0 bridgehead atoms. The normalized spacial score (nSPS) is 19.2. The van der Waals surface area contributed by atoms with Crippen LogP contribution in [-0.4, -0.2) is 34.9 Å². The van der Waals surface area contributed by atoms with Gasteiger partial charge in [-0.2, -0.15) is 5.26 Å². The van der Waals surface area contributed by atoms with Gasteiger partial charge in [-0.25, -0.2) is 0 Å². The fourth-order valence-electron chi connectivity index (χ4n) is 3.79. The maximum atomic E-state index is 13.0. The van der Waals surface area contributed by atoms with Gasteiger partial charge in [0.05, 0.1) is 0 Å². The van der Waals surface area contributed by atoms with Crippen molar-refractivity contribution in [3.05, 3.63) is 48.3 Å². The van der Waals surface area contributed by atoms with Gasteiger partial charge in [-0.05, 0) is 54.2 Å². The predicted molar refractivity (Wildman–Crippen MR) is 91.1 cm³/mol. The molecule has 1 saturated heterocycles. The molecule has 0 unspecified atom stereocenters. The van der Waals surface area contributed by atoms with Gasteiger partial charge in [0.1, 0.15) is 6.04 Å². The van der Waals surface area contributed by atoms with Crippen LogP contribution in [0.3, 0.4) is 0 Å². The number of hydrogen-bond donors (Lipinski definition) is 0. The summed E-state index contributed by atoms with van der Waals surface area (Å²) in [4.78, 5) is 20.5. The number of benzene rings is 1. The smallest absolute Gasteiger partial charge is 0.250 e. The summed E-state index contributed by atoms with van der Waals surface area (Å²) in [5.74, 6) is 0.0553. The van der Waals surface area contributed by atoms with Crippen LogP contribution in [-0.2, 0) is 11.2 Å². The Labute approximate surface area is 141 Å². The summed E-state index contributed by atoms with van der Waals surface area (Å²) in [6, 6.07) is 9.79. The van der Waals surface area contributed by atoms with E-state index >= 15 is 0 Å². The first-order valence-corrected chi connectivity index (χ1v) is 8.29. The minimum Gasteiger partial charge on any atom is -0.310 e. The molecular weight excluding hydrogens is 300 g/mol. The summed E-state index contributed by atoms with van der Waals surface area (Å²) < 4.78 is 0. The first kappa shape index (κ1) is 14.7. The van der Waals surface area contributed by atoms with E-state index in [-0.39, 0.29) is 11.9 Å². The highest BCUT2D eigenvalue weighted by Crippen LogP contribution is 2.37. The lowest BCUT2D eigenvalue weighted by atomic mass is 9.99. The number of carbonyl (C=O) groups excluding carboxylic acids is 1. The van der Waals surface area contributed by atoms with Crippen molar-refractivity contribution in [2.24, 2.45) is 0 Å². The van der Waals surface area contributed by atoms with E-state index in [1.54, 1.807) is 17.3 Å². The van der Waals surface area contributed by atoms with Crippen molar-refractivity contribution in [2.45, 2.75) is 25.3 Å². The van der Waals surface area contributed by atoms with Crippen molar-refractivity contribution in [3.8, 4) is 17.3 Å². The second kappa shape index (κ2) is 5.97. The van der Waals surface area contributed by atoms with E-state index in [2.05, 4.69) is 17.2 Å². The number of fused-ring (bicyclic) bond motifs is 1. The minimum atomic E-state index is -0.300. The molecule has 0 N–H and O–H groups in total. The van der Waals surface area contributed by atoms with Gasteiger partial charge in [-0.3, -0.25) is 14.7 Å². The van der Waals surface area contributed by atoms with Crippen LogP contribution in [0.5, 0.6) is 0 Å². The van der Waals surface area contributed by atoms with Gasteiger partial charge in [0.25, 0.3) is 0 Å². The molecule has 1 aromatic heterocycles. The largest absolute Gasteiger partial charge is 0.310 e. The molecule has 24 heavy (non-hydrogen) atoms. The first-order valence-electron chi connectivity index (χ1n) is 8.29. The monoisotopic (exact) mass is 318 g/mol. The van der Waals surface area contributed by atoms with E-state index in [0.717, 1.165) is 36.1 Å². The van der Waals surface area contributed by atoms with E-state index in [4.69, 9.17) is 0 Å². The number of hydrogen-bond acceptors (Lipinski definition) is 4. The lowest BCUT2D eigenvalue weighted by Gasteiger charge is -2.25. The van der Waals surface area contributed by atoms with E-state index < -0.39 is 0 Å². The fourth-order valence-corrected chi connectivity index (χ4v) is 3.79. The Morgan fingerprint density at radius 2 is 2.04 bits per heavy atom. The van der Waals surface area contributed by atoms with Gasteiger partial charge in [0.2, 0.25) is 5.91 Å². The van der Waals surface area contributed by atoms with Gasteiger partial charge >= 0.3 is 0 Å². The van der Waals surface area contributed by atoms with Crippen molar-refractivity contribution in [1.29, 1.82) is 5.26 Å². The molecule has 1 atom stereocenters. The van der Waals surface area contributed by atoms with Crippen LogP contribution in [0.1, 0.15) is 18.4 Å². The van der Waals surface area contributed by atoms with Crippen molar-refractivity contribution in [2.75, 3.05) is 18.0 Å². The minimum absolute atomic E-state index is 0.0553. The Morgan fingerprint density at radius 3 is 2.83 bits per heavy atom. The number of carbonyl (C=O) groups is 1. The predicted octanol–water partition coefficient (Wildman–Crippen LogP) is 2.58. The number of amides is 1. The van der Waals surface area contributed by atoms with Crippen LogP contribution in [0.2, 0.25) is 0 Å². The maximum Gasteiger partial charge on any atom is 0.250 e. The van der Waals surface area contributed by atoms with E-state index in [1.165, 1.54) is 5.56 Å². The summed E-state index contributed by atoms with van der Waals surface area (Å²) >= 11 is 0. The molecule has 0 saturated carbocycles. The summed E-state index contributed by atoms with van der Waals surface area (Å²) in [5.41, 5.74) is 4.47. The quantitative estimate of drug-likeness (QED) is 0.799. The second-order valence-corrected chi connectivity index (χ2v) is 6.23. The molecule has 0 spiro atoms. The summed E-state index contributed by atoms with van der Waals surface area (Å²) in [5, 5.41) is 9.22. The van der Waals surface area contributed by atoms with Crippen molar-refractivity contribution in [1.82, 2.24) is 9.88 Å². The number of anilines is 1. The van der Waals surface area contributed by atoms with Crippen molar-refractivity contribution < 1.29 is 4.79 Å². The molecule has 0 aliphatic carbocycles. The van der Waals surface area contributed by atoms with Gasteiger partial charge in [-0.15, -0.1) is 0 Å². The van der Waals surface area contributed by atoms with Crippen LogP contribution >= 0.6 is 0 Å². The Hall–Kier alpha value is -2.87.